The maximum Gasteiger partial charge on any atom is 0.268 e. The third-order valence-corrected chi connectivity index (χ3v) is 5.24. The number of carbonyl (C=O) groups is 1. The lowest BCUT2D eigenvalue weighted by molar-refractivity contribution is -0.112. The lowest BCUT2D eigenvalue weighted by Gasteiger charge is -2.11. The van der Waals surface area contributed by atoms with Crippen LogP contribution in [0.3, 0.4) is 0 Å². The molecule has 0 atom stereocenters. The topological polar surface area (TPSA) is 69.0 Å². The van der Waals surface area contributed by atoms with Gasteiger partial charge in [-0.3, -0.25) is 10.1 Å². The number of nitrogens with one attached hydrogen (secondary N) is 1. The van der Waals surface area contributed by atoms with E-state index >= 15 is 0 Å². The van der Waals surface area contributed by atoms with Crippen LogP contribution in [0, 0.1) is 11.3 Å². The Morgan fingerprint density at radius 2 is 1.86 bits per heavy atom. The molecule has 3 aromatic rings. The van der Waals surface area contributed by atoms with Crippen LogP contribution in [0.1, 0.15) is 5.56 Å². The van der Waals surface area contributed by atoms with Gasteiger partial charge in [-0.2, -0.15) is 5.26 Å². The molecule has 1 amide bonds. The summed E-state index contributed by atoms with van der Waals surface area (Å²) in [6.45, 7) is 0. The number of thiazole rings is 1. The van der Waals surface area contributed by atoms with Crippen molar-refractivity contribution in [3.8, 4) is 17.3 Å². The Morgan fingerprint density at radius 3 is 2.46 bits per heavy atom. The molecule has 0 spiro atoms. The Kier molecular flexibility index (Phi) is 6.24. The molecule has 0 bridgehead atoms. The van der Waals surface area contributed by atoms with Gasteiger partial charge in [0.05, 0.1) is 5.69 Å². The molecule has 1 aromatic heterocycles. The zero-order valence-electron chi connectivity index (χ0n) is 15.3. The number of aromatic nitrogens is 1. The standard InChI is InChI=1S/C21H17BrN4OS/c1-26(2)18-9-3-14(4-10-18)11-16(12-23)20(27)25-21-24-19(13-28-21)15-5-7-17(22)8-6-15/h3-11,13H,1-2H3,(H,24,25,27)/b16-11+. The first kappa shape index (κ1) is 19.8. The second-order valence-electron chi connectivity index (χ2n) is 6.15. The van der Waals surface area contributed by atoms with E-state index in [9.17, 15) is 10.1 Å². The number of carbonyl (C=O) groups excluding carboxylic acids is 1. The van der Waals surface area contributed by atoms with Gasteiger partial charge in [-0.25, -0.2) is 4.98 Å². The summed E-state index contributed by atoms with van der Waals surface area (Å²) >= 11 is 4.72. The van der Waals surface area contributed by atoms with E-state index in [4.69, 9.17) is 0 Å². The monoisotopic (exact) mass is 452 g/mol. The van der Waals surface area contributed by atoms with Gasteiger partial charge in [-0.05, 0) is 35.9 Å². The Morgan fingerprint density at radius 1 is 1.18 bits per heavy atom. The molecule has 0 saturated heterocycles. The minimum Gasteiger partial charge on any atom is -0.378 e. The van der Waals surface area contributed by atoms with Crippen LogP contribution in [0.15, 0.2) is 64.0 Å². The molecule has 0 aliphatic rings. The number of nitriles is 1. The zero-order chi connectivity index (χ0) is 20.1. The van der Waals surface area contributed by atoms with Crippen molar-refractivity contribution in [2.24, 2.45) is 0 Å². The quantitative estimate of drug-likeness (QED) is 0.427. The molecule has 0 aliphatic heterocycles. The fraction of sp³-hybridized carbons (Fsp3) is 0.0952. The molecule has 140 valence electrons. The van der Waals surface area contributed by atoms with E-state index in [-0.39, 0.29) is 5.57 Å². The lowest BCUT2D eigenvalue weighted by atomic mass is 10.1. The van der Waals surface area contributed by atoms with E-state index in [2.05, 4.69) is 26.2 Å². The average molecular weight is 453 g/mol. The summed E-state index contributed by atoms with van der Waals surface area (Å²) < 4.78 is 0.988. The summed E-state index contributed by atoms with van der Waals surface area (Å²) in [6.07, 6.45) is 1.57. The highest BCUT2D eigenvalue weighted by atomic mass is 79.9. The van der Waals surface area contributed by atoms with Gasteiger partial charge in [-0.15, -0.1) is 11.3 Å². The number of amides is 1. The van der Waals surface area contributed by atoms with Crippen LogP contribution in [0.2, 0.25) is 0 Å². The van der Waals surface area contributed by atoms with Gasteiger partial charge in [0.25, 0.3) is 5.91 Å². The molecule has 1 heterocycles. The van der Waals surface area contributed by atoms with Gasteiger partial charge in [0.2, 0.25) is 0 Å². The maximum atomic E-state index is 12.5. The van der Waals surface area contributed by atoms with Gasteiger partial charge < -0.3 is 4.90 Å². The summed E-state index contributed by atoms with van der Waals surface area (Å²) in [4.78, 5) is 18.9. The number of nitrogens with zero attached hydrogens (tertiary/aromatic N) is 3. The highest BCUT2D eigenvalue weighted by Crippen LogP contribution is 2.26. The Hall–Kier alpha value is -2.95. The van der Waals surface area contributed by atoms with Crippen LogP contribution in [0.5, 0.6) is 0 Å². The van der Waals surface area contributed by atoms with Gasteiger partial charge in [0, 0.05) is 35.2 Å². The normalized spacial score (nSPS) is 11.0. The number of benzene rings is 2. The van der Waals surface area contributed by atoms with E-state index in [0.717, 1.165) is 27.0 Å². The van der Waals surface area contributed by atoms with Crippen LogP contribution < -0.4 is 10.2 Å². The summed E-state index contributed by atoms with van der Waals surface area (Å²) in [7, 11) is 3.91. The van der Waals surface area contributed by atoms with E-state index in [1.165, 1.54) is 11.3 Å². The molecule has 5 nitrogen and oxygen atoms in total. The van der Waals surface area contributed by atoms with Gasteiger partial charge in [0.1, 0.15) is 11.6 Å². The molecule has 7 heteroatoms. The van der Waals surface area contributed by atoms with Crippen molar-refractivity contribution in [1.29, 1.82) is 5.26 Å². The minimum atomic E-state index is -0.476. The predicted octanol–water partition coefficient (Wildman–Crippen LogP) is 5.18. The summed E-state index contributed by atoms with van der Waals surface area (Å²) in [5, 5.41) is 14.4. The Balaban J connectivity index is 1.74. The smallest absolute Gasteiger partial charge is 0.268 e. The second-order valence-corrected chi connectivity index (χ2v) is 7.93. The Labute approximate surface area is 176 Å². The summed E-state index contributed by atoms with van der Waals surface area (Å²) in [5.74, 6) is -0.476. The highest BCUT2D eigenvalue weighted by molar-refractivity contribution is 9.10. The highest BCUT2D eigenvalue weighted by Gasteiger charge is 2.12. The number of hydrogen-bond donors (Lipinski definition) is 1. The number of anilines is 2. The van der Waals surface area contributed by atoms with Crippen LogP contribution >= 0.6 is 27.3 Å². The van der Waals surface area contributed by atoms with Crippen molar-refractivity contribution in [3.63, 3.8) is 0 Å². The van der Waals surface area contributed by atoms with Crippen molar-refractivity contribution in [2.75, 3.05) is 24.3 Å². The molecule has 2 aromatic carbocycles. The van der Waals surface area contributed by atoms with Gasteiger partial charge in [-0.1, -0.05) is 40.2 Å². The van der Waals surface area contributed by atoms with Crippen molar-refractivity contribution in [2.45, 2.75) is 0 Å². The number of halogens is 1. The average Bonchev–Trinajstić information content (AvgIpc) is 3.15. The Bertz CT molecular complexity index is 1050. The molecule has 0 radical (unpaired) electrons. The first-order valence-corrected chi connectivity index (χ1v) is 10.1. The van der Waals surface area contributed by atoms with Crippen LogP contribution in [0.25, 0.3) is 17.3 Å². The minimum absolute atomic E-state index is 0.0259. The molecular formula is C21H17BrN4OS. The largest absolute Gasteiger partial charge is 0.378 e. The van der Waals surface area contributed by atoms with E-state index in [1.54, 1.807) is 6.08 Å². The predicted molar refractivity (Wildman–Crippen MR) is 118 cm³/mol. The van der Waals surface area contributed by atoms with Crippen molar-refractivity contribution in [3.05, 3.63) is 69.5 Å². The third-order valence-electron chi connectivity index (χ3n) is 3.95. The van der Waals surface area contributed by atoms with E-state index in [0.29, 0.717) is 5.13 Å². The van der Waals surface area contributed by atoms with Crippen LogP contribution in [-0.4, -0.2) is 25.0 Å². The number of hydrogen-bond acceptors (Lipinski definition) is 5. The second kappa shape index (κ2) is 8.83. The molecule has 0 unspecified atom stereocenters. The fourth-order valence-electron chi connectivity index (χ4n) is 2.43. The van der Waals surface area contributed by atoms with Crippen molar-refractivity contribution in [1.82, 2.24) is 4.98 Å². The van der Waals surface area contributed by atoms with E-state index < -0.39 is 5.91 Å². The maximum absolute atomic E-state index is 12.5. The molecule has 3 rings (SSSR count). The zero-order valence-corrected chi connectivity index (χ0v) is 17.7. The fourth-order valence-corrected chi connectivity index (χ4v) is 3.41. The third kappa shape index (κ3) is 4.85. The summed E-state index contributed by atoms with van der Waals surface area (Å²) in [6, 6.07) is 17.3. The van der Waals surface area contributed by atoms with Gasteiger partial charge >= 0.3 is 0 Å². The molecule has 28 heavy (non-hydrogen) atoms. The molecule has 0 fully saturated rings. The van der Waals surface area contributed by atoms with Crippen LogP contribution in [-0.2, 0) is 4.79 Å². The SMILES string of the molecule is CN(C)c1ccc(/C=C(\C#N)C(=O)Nc2nc(-c3ccc(Br)cc3)cs2)cc1. The molecule has 0 saturated carbocycles. The molecule has 0 aliphatic carbocycles. The van der Waals surface area contributed by atoms with Crippen molar-refractivity contribution < 1.29 is 4.79 Å². The van der Waals surface area contributed by atoms with Gasteiger partial charge in [0.15, 0.2) is 5.13 Å². The van der Waals surface area contributed by atoms with Crippen LogP contribution in [0.4, 0.5) is 10.8 Å². The number of rotatable bonds is 5. The first-order chi connectivity index (χ1) is 13.5. The molecular weight excluding hydrogens is 436 g/mol. The van der Waals surface area contributed by atoms with E-state index in [1.807, 2.05) is 79.0 Å². The molecule has 1 N–H and O–H groups in total. The van der Waals surface area contributed by atoms with Crippen molar-refractivity contribution >= 4 is 50.1 Å². The lowest BCUT2D eigenvalue weighted by Crippen LogP contribution is -2.13. The summed E-state index contributed by atoms with van der Waals surface area (Å²) in [5.41, 5.74) is 3.58. The first-order valence-electron chi connectivity index (χ1n) is 8.38.